The van der Waals surface area contributed by atoms with Crippen molar-refractivity contribution in [3.05, 3.63) is 151 Å². The van der Waals surface area contributed by atoms with Gasteiger partial charge in [0.2, 0.25) is 17.5 Å². The largest absolute Gasteiger partial charge is 0.438 e. The van der Waals surface area contributed by atoms with Gasteiger partial charge in [0.1, 0.15) is 12.0 Å². The van der Waals surface area contributed by atoms with Crippen molar-refractivity contribution in [1.82, 2.24) is 0 Å². The van der Waals surface area contributed by atoms with Crippen molar-refractivity contribution >= 4 is 40.6 Å². The molecule has 0 saturated heterocycles. The minimum absolute atomic E-state index is 0.519. The van der Waals surface area contributed by atoms with Gasteiger partial charge in [-0.15, -0.1) is 4.33 Å². The molecule has 230 valence electrons. The molecular weight excluding hydrogens is 609 g/mol. The van der Waals surface area contributed by atoms with Crippen LogP contribution in [0.25, 0.3) is 39.4 Å². The fraction of sp³-hybridized carbons (Fsp3) is 0.0513. The van der Waals surface area contributed by atoms with Crippen molar-refractivity contribution in [2.45, 2.75) is 13.3 Å². The molecule has 1 aliphatic rings. The summed E-state index contributed by atoms with van der Waals surface area (Å²) in [7, 11) is 0. The van der Waals surface area contributed by atoms with Gasteiger partial charge in [-0.2, -0.15) is 0 Å². The molecule has 1 N–H and O–H groups in total. The number of hydrogen-bond donors (Lipinski definition) is 1. The summed E-state index contributed by atoms with van der Waals surface area (Å²) >= 11 is 0.655. The molecule has 7 rings (SSSR count). The van der Waals surface area contributed by atoms with E-state index in [1.807, 2.05) is 91.0 Å². The zero-order chi connectivity index (χ0) is 32.0. The minimum atomic E-state index is 0.519. The Morgan fingerprint density at radius 3 is 2.17 bits per heavy atom. The van der Waals surface area contributed by atoms with Gasteiger partial charge < -0.3 is 9.15 Å². The average Bonchev–Trinajstić information content (AvgIpc) is 3.67. The predicted octanol–water partition coefficient (Wildman–Crippen LogP) is 9.76. The zero-order valence-corrected chi connectivity index (χ0v) is 26.2. The van der Waals surface area contributed by atoms with Crippen molar-refractivity contribution in [3.8, 4) is 39.3 Å². The number of anilines is 2. The van der Waals surface area contributed by atoms with Crippen LogP contribution in [0.1, 0.15) is 19.2 Å². The molecule has 0 radical (unpaired) electrons. The fourth-order valence-electron chi connectivity index (χ4n) is 5.54. The second-order valence-electron chi connectivity index (χ2n) is 10.6. The molecule has 8 heteroatoms. The van der Waals surface area contributed by atoms with E-state index in [1.54, 1.807) is 4.57 Å². The van der Waals surface area contributed by atoms with Crippen LogP contribution in [0.4, 0.5) is 11.4 Å². The summed E-state index contributed by atoms with van der Waals surface area (Å²) in [6.07, 6.45) is 4.69. The lowest BCUT2D eigenvalue weighted by Crippen LogP contribution is -2.29. The monoisotopic (exact) mass is 637 g/mol. The smallest absolute Gasteiger partial charge is 0.389 e. The highest BCUT2D eigenvalue weighted by molar-refractivity contribution is 7.99. The number of fused-ring (bicyclic) bond motifs is 2. The third kappa shape index (κ3) is 6.42. The van der Waals surface area contributed by atoms with E-state index in [0.29, 0.717) is 35.8 Å². The highest BCUT2D eigenvalue weighted by atomic mass is 32.2. The van der Waals surface area contributed by atoms with E-state index in [9.17, 15) is 0 Å². The molecule has 2 heterocycles. The van der Waals surface area contributed by atoms with Gasteiger partial charge in [0, 0.05) is 17.8 Å². The number of para-hydroxylation sites is 1. The molecule has 0 aliphatic carbocycles. The maximum absolute atomic E-state index is 8.57. The van der Waals surface area contributed by atoms with Crippen LogP contribution in [-0.4, -0.2) is 5.26 Å². The molecule has 47 heavy (non-hydrogen) atoms. The Labute approximate surface area is 276 Å². The summed E-state index contributed by atoms with van der Waals surface area (Å²) in [5, 5.41) is 15.1. The molecule has 7 nitrogen and oxygen atoms in total. The molecule has 0 bridgehead atoms. The van der Waals surface area contributed by atoms with Gasteiger partial charge in [0.05, 0.1) is 17.0 Å². The van der Waals surface area contributed by atoms with Crippen LogP contribution < -0.4 is 14.2 Å². The van der Waals surface area contributed by atoms with Gasteiger partial charge in [0.25, 0.3) is 5.52 Å². The summed E-state index contributed by atoms with van der Waals surface area (Å²) in [5.41, 5.74) is 8.69. The second kappa shape index (κ2) is 13.8. The fourth-order valence-corrected chi connectivity index (χ4v) is 5.73. The molecule has 0 atom stereocenters. The van der Waals surface area contributed by atoms with Gasteiger partial charge >= 0.3 is 5.89 Å². The average molecular weight is 638 g/mol. The number of benzene rings is 5. The molecular formula is C39H29N2O5S+. The van der Waals surface area contributed by atoms with Gasteiger partial charge in [-0.3, -0.25) is 4.90 Å². The van der Waals surface area contributed by atoms with E-state index in [4.69, 9.17) is 14.4 Å². The molecule has 0 spiro atoms. The number of rotatable bonds is 8. The number of nitrogens with zero attached hydrogens (tertiary/aromatic N) is 2. The third-order valence-corrected chi connectivity index (χ3v) is 8.09. The lowest BCUT2D eigenvalue weighted by atomic mass is 10.0. The van der Waals surface area contributed by atoms with E-state index in [-0.39, 0.29) is 0 Å². The summed E-state index contributed by atoms with van der Waals surface area (Å²) in [5.74, 6) is 1.97. The summed E-state index contributed by atoms with van der Waals surface area (Å²) in [6, 6.07) is 45.9. The molecule has 0 saturated carbocycles. The van der Waals surface area contributed by atoms with Gasteiger partial charge in [0.15, 0.2) is 5.75 Å². The number of oxazole rings is 1. The number of aromatic nitrogens is 1. The zero-order valence-electron chi connectivity index (χ0n) is 25.4. The molecule has 0 amide bonds. The Morgan fingerprint density at radius 1 is 0.830 bits per heavy atom. The SMILES string of the molecule is CCC(/C=C1\Oc2ccc(-c3ccccc3)cc2N1c1ccccc1)=C\c1oc2ccc(-c3ccccc3)cc2[n+]1C#CSOOO. The Balaban J connectivity index is 1.32. The normalized spacial score (nSPS) is 13.4. The summed E-state index contributed by atoms with van der Waals surface area (Å²) < 4.78 is 19.1. The first-order chi connectivity index (χ1) is 23.2. The molecule has 1 aliphatic heterocycles. The van der Waals surface area contributed by atoms with Gasteiger partial charge in [-0.05, 0) is 64.6 Å². The molecule has 1 aromatic heterocycles. The lowest BCUT2D eigenvalue weighted by molar-refractivity contribution is -0.563. The van der Waals surface area contributed by atoms with Crippen molar-refractivity contribution in [3.63, 3.8) is 0 Å². The maximum Gasteiger partial charge on any atom is 0.389 e. The van der Waals surface area contributed by atoms with Crippen molar-refractivity contribution in [2.24, 2.45) is 0 Å². The first-order valence-corrected chi connectivity index (χ1v) is 15.8. The van der Waals surface area contributed by atoms with Crippen molar-refractivity contribution < 1.29 is 28.4 Å². The highest BCUT2D eigenvalue weighted by Gasteiger charge is 2.29. The Bertz CT molecular complexity index is 2150. The Kier molecular flexibility index (Phi) is 8.86. The van der Waals surface area contributed by atoms with Crippen molar-refractivity contribution in [1.29, 1.82) is 0 Å². The van der Waals surface area contributed by atoms with E-state index in [1.165, 1.54) is 0 Å². The van der Waals surface area contributed by atoms with Crippen molar-refractivity contribution in [2.75, 3.05) is 4.90 Å². The standard InChI is InChI=1S/C39H28N2O5S/c1-2-28(24-38-40(22-23-47-46-45-42)34-26-31(18-20-36(34)43-38)29-12-6-3-7-13-29)25-39-41(33-16-10-5-11-17-33)35-27-32(19-21-37(35)44-39)30-14-8-4-9-15-30/h3-21,24-27H,2H2,1H3/p+1. The first-order valence-electron chi connectivity index (χ1n) is 15.1. The van der Waals surface area contributed by atoms with E-state index in [2.05, 4.69) is 81.0 Å². The van der Waals surface area contributed by atoms with E-state index >= 15 is 0 Å². The third-order valence-electron chi connectivity index (χ3n) is 7.79. The van der Waals surface area contributed by atoms with Crippen LogP contribution in [0.5, 0.6) is 5.75 Å². The van der Waals surface area contributed by atoms with Crippen LogP contribution in [0, 0.1) is 11.3 Å². The van der Waals surface area contributed by atoms with E-state index < -0.39 is 0 Å². The molecule has 0 fully saturated rings. The topological polar surface area (TPSA) is 68.2 Å². The summed E-state index contributed by atoms with van der Waals surface area (Å²) in [4.78, 5) is 2.13. The van der Waals surface area contributed by atoms with Gasteiger partial charge in [-0.1, -0.05) is 108 Å². The van der Waals surface area contributed by atoms with Crippen LogP contribution in [-0.2, 0) is 9.37 Å². The van der Waals surface area contributed by atoms with E-state index in [0.717, 1.165) is 50.5 Å². The minimum Gasteiger partial charge on any atom is -0.438 e. The summed E-state index contributed by atoms with van der Waals surface area (Å²) in [6.45, 7) is 2.08. The van der Waals surface area contributed by atoms with Crippen LogP contribution >= 0.6 is 12.0 Å². The molecule has 6 aromatic rings. The number of allylic oxidation sites excluding steroid dienone is 2. The second-order valence-corrected chi connectivity index (χ2v) is 11.1. The number of hydrogen-bond acceptors (Lipinski definition) is 7. The highest BCUT2D eigenvalue weighted by Crippen LogP contribution is 2.46. The molecule has 0 unspecified atom stereocenters. The van der Waals surface area contributed by atoms with Crippen LogP contribution in [0.3, 0.4) is 0 Å². The Morgan fingerprint density at radius 2 is 1.49 bits per heavy atom. The predicted molar refractivity (Wildman–Crippen MR) is 185 cm³/mol. The van der Waals surface area contributed by atoms with Gasteiger partial charge in [-0.25, -0.2) is 5.26 Å². The Hall–Kier alpha value is -5.56. The maximum atomic E-state index is 8.57. The van der Waals surface area contributed by atoms with Crippen LogP contribution in [0.2, 0.25) is 0 Å². The van der Waals surface area contributed by atoms with Crippen LogP contribution in [0.15, 0.2) is 149 Å². The molecule has 5 aromatic carbocycles. The number of ether oxygens (including phenoxy) is 1. The quantitative estimate of drug-likeness (QED) is 0.0445. The first kappa shape index (κ1) is 30.1. The lowest BCUT2D eigenvalue weighted by Gasteiger charge is -2.19.